The summed E-state index contributed by atoms with van der Waals surface area (Å²) >= 11 is 0.975. The van der Waals surface area contributed by atoms with Crippen molar-refractivity contribution >= 4 is 49.0 Å². The zero-order chi connectivity index (χ0) is 7.40. The van der Waals surface area contributed by atoms with Crippen molar-refractivity contribution < 1.29 is 0 Å². The molecule has 48 valence electrons. The molecule has 0 bridgehead atoms. The van der Waals surface area contributed by atoms with E-state index in [1.54, 1.807) is 0 Å². The minimum atomic E-state index is 0.954. The molecule has 0 saturated heterocycles. The summed E-state index contributed by atoms with van der Waals surface area (Å²) in [4.78, 5) is 0. The average molecular weight is 158 g/mol. The van der Waals surface area contributed by atoms with Crippen molar-refractivity contribution in [1.82, 2.24) is 0 Å². The summed E-state index contributed by atoms with van der Waals surface area (Å²) in [5, 5.41) is 0. The van der Waals surface area contributed by atoms with Gasteiger partial charge in [0.05, 0.1) is 0 Å². The Hall–Kier alpha value is 0.856. The Balaban J connectivity index is 2.59. The first-order valence-corrected chi connectivity index (χ1v) is 5.63. The van der Waals surface area contributed by atoms with E-state index in [-0.39, 0.29) is 0 Å². The summed E-state index contributed by atoms with van der Waals surface area (Å²) in [5.74, 6) is 0. The number of hydrogen-bond donors (Lipinski definition) is 0. The fourth-order valence-electron chi connectivity index (χ4n) is 1.09. The zero-order valence-electron chi connectivity index (χ0n) is 6.67. The zero-order valence-corrected chi connectivity index (χ0v) is 9.79. The van der Waals surface area contributed by atoms with Crippen LogP contribution in [0, 0.1) is 0 Å². The Labute approximate surface area is 96.6 Å². The molecule has 0 aliphatic carbocycles. The summed E-state index contributed by atoms with van der Waals surface area (Å²) in [5.41, 5.74) is 1.49. The van der Waals surface area contributed by atoms with E-state index in [4.69, 9.17) is 0 Å². The Morgan fingerprint density at radius 2 is 1.90 bits per heavy atom. The van der Waals surface area contributed by atoms with Crippen LogP contribution in [-0.4, -0.2) is 49.0 Å². The van der Waals surface area contributed by atoms with Gasteiger partial charge >= 0.3 is 98.2 Å². The van der Waals surface area contributed by atoms with E-state index in [0.717, 1.165) is 49.0 Å². The molecule has 0 aromatic heterocycles. The van der Waals surface area contributed by atoms with Crippen LogP contribution in [0.3, 0.4) is 0 Å². The molecule has 0 nitrogen and oxygen atoms in total. The van der Waals surface area contributed by atoms with Crippen molar-refractivity contribution in [2.24, 2.45) is 0 Å². The standard InChI is InChI=1S/C9H11.K/c1-2-6-9-7-4-3-5-8-9;/h2-5,7-8H,6H2,1H3;. The predicted octanol–water partition coefficient (Wildman–Crippen LogP) is 2.21. The van der Waals surface area contributed by atoms with Gasteiger partial charge in [0, 0.05) is 0 Å². The van der Waals surface area contributed by atoms with Crippen LogP contribution in [0.5, 0.6) is 0 Å². The third kappa shape index (κ3) is 3.31. The molecule has 1 rings (SSSR count). The summed E-state index contributed by atoms with van der Waals surface area (Å²) in [6.45, 7) is 2.33. The van der Waals surface area contributed by atoms with Gasteiger partial charge < -0.3 is 0 Å². The Morgan fingerprint density at radius 3 is 2.40 bits per heavy atom. The molecule has 0 heterocycles. The summed E-state index contributed by atoms with van der Waals surface area (Å²) in [6, 6.07) is 10.7. The first kappa shape index (κ1) is 8.95. The average Bonchev–Trinajstić information content (AvgIpc) is 1.88. The van der Waals surface area contributed by atoms with Gasteiger partial charge in [-0.3, -0.25) is 0 Å². The molecule has 0 fully saturated rings. The van der Waals surface area contributed by atoms with Crippen molar-refractivity contribution in [3.63, 3.8) is 0 Å². The Kier molecular flexibility index (Phi) is 4.19. The summed E-state index contributed by atoms with van der Waals surface area (Å²) in [6.07, 6.45) is 1.28. The van der Waals surface area contributed by atoms with Crippen LogP contribution < -0.4 is 0 Å². The molecule has 1 heteroatoms. The molecule has 1 aromatic rings. The fourth-order valence-corrected chi connectivity index (χ4v) is 1.82. The fraction of sp³-hybridized carbons (Fsp3) is 0.333. The maximum atomic E-state index is 2.33. The first-order valence-electron chi connectivity index (χ1n) is 3.83. The van der Waals surface area contributed by atoms with Crippen LogP contribution in [0.25, 0.3) is 0 Å². The van der Waals surface area contributed by atoms with E-state index in [0.29, 0.717) is 0 Å². The van der Waals surface area contributed by atoms with E-state index in [1.807, 2.05) is 0 Å². The number of rotatable bonds is 2. The Morgan fingerprint density at radius 1 is 1.30 bits per heavy atom. The number of hydrogen-bond acceptors (Lipinski definition) is 0. The molecular weight excluding hydrogens is 147 g/mol. The van der Waals surface area contributed by atoms with Gasteiger partial charge in [-0.1, -0.05) is 0 Å². The van der Waals surface area contributed by atoms with E-state index in [9.17, 15) is 0 Å². The number of benzene rings is 1. The third-order valence-electron chi connectivity index (χ3n) is 1.49. The van der Waals surface area contributed by atoms with Gasteiger partial charge in [-0.15, -0.1) is 0 Å². The normalized spacial score (nSPS) is 13.1. The molecule has 0 amide bonds. The van der Waals surface area contributed by atoms with Crippen LogP contribution in [0.2, 0.25) is 0.0125 Å². The van der Waals surface area contributed by atoms with Crippen molar-refractivity contribution in [2.75, 3.05) is 0 Å². The van der Waals surface area contributed by atoms with Crippen molar-refractivity contribution in [3.05, 3.63) is 35.9 Å². The van der Waals surface area contributed by atoms with E-state index in [2.05, 4.69) is 37.3 Å². The second-order valence-electron chi connectivity index (χ2n) is 3.08. The van der Waals surface area contributed by atoms with Gasteiger partial charge in [-0.05, 0) is 0 Å². The van der Waals surface area contributed by atoms with Crippen molar-refractivity contribution in [1.29, 1.82) is 0 Å². The molecule has 0 spiro atoms. The van der Waals surface area contributed by atoms with E-state index < -0.39 is 0 Å². The van der Waals surface area contributed by atoms with Gasteiger partial charge in [0.2, 0.25) is 0 Å². The van der Waals surface area contributed by atoms with Crippen molar-refractivity contribution in [3.8, 4) is 0 Å². The van der Waals surface area contributed by atoms with Gasteiger partial charge in [0.15, 0.2) is 0 Å². The van der Waals surface area contributed by atoms with Crippen LogP contribution in [0.1, 0.15) is 12.5 Å². The molecule has 10 heavy (non-hydrogen) atoms. The van der Waals surface area contributed by atoms with Crippen LogP contribution in [-0.2, 0) is 6.42 Å². The van der Waals surface area contributed by atoms with Gasteiger partial charge in [-0.2, -0.15) is 0 Å². The predicted molar refractivity (Wildman–Crippen MR) is 45.3 cm³/mol. The second kappa shape index (κ2) is 4.68. The van der Waals surface area contributed by atoms with Crippen LogP contribution >= 0.6 is 0 Å². The van der Waals surface area contributed by atoms with E-state index in [1.165, 1.54) is 12.0 Å². The Bertz CT molecular complexity index is 179. The summed E-state index contributed by atoms with van der Waals surface area (Å²) in [7, 11) is 0. The first-order chi connectivity index (χ1) is 4.79. The maximum absolute atomic E-state index is 2.33. The molecule has 1 unspecified atom stereocenters. The molecule has 1 atom stereocenters. The van der Waals surface area contributed by atoms with Gasteiger partial charge in [-0.25, -0.2) is 0 Å². The van der Waals surface area contributed by atoms with E-state index >= 15 is 0 Å². The van der Waals surface area contributed by atoms with Gasteiger partial charge in [0.25, 0.3) is 0 Å². The molecule has 1 aromatic carbocycles. The molecule has 0 saturated carbocycles. The van der Waals surface area contributed by atoms with Crippen LogP contribution in [0.15, 0.2) is 30.3 Å². The molecule has 0 aliphatic heterocycles. The molecule has 0 radical (unpaired) electrons. The monoisotopic (exact) mass is 158 g/mol. The SMILES string of the molecule is C[CH]([K])Cc1ccccc1. The van der Waals surface area contributed by atoms with Crippen LogP contribution in [0.4, 0.5) is 0 Å². The third-order valence-corrected chi connectivity index (χ3v) is 2.12. The molecule has 0 aliphatic rings. The summed E-state index contributed by atoms with van der Waals surface area (Å²) < 4.78 is 0.954. The topological polar surface area (TPSA) is 0 Å². The van der Waals surface area contributed by atoms with Crippen molar-refractivity contribution in [2.45, 2.75) is 13.4 Å². The van der Waals surface area contributed by atoms with Gasteiger partial charge in [0.1, 0.15) is 0 Å². The molecular formula is C9H11K. The minimum absolute atomic E-state index is 0.954. The molecule has 0 N–H and O–H groups in total. The quantitative estimate of drug-likeness (QED) is 0.579. The second-order valence-corrected chi connectivity index (χ2v) is 6.16.